The number of thiocarbonyl (C=S) groups is 1. The quantitative estimate of drug-likeness (QED) is 0.0324. The first kappa shape index (κ1) is 48.2. The number of esters is 1. The first-order chi connectivity index (χ1) is 28.9. The van der Waals surface area contributed by atoms with E-state index in [4.69, 9.17) is 26.4 Å². The second-order valence-electron chi connectivity index (χ2n) is 16.2. The van der Waals surface area contributed by atoms with Gasteiger partial charge in [-0.25, -0.2) is 14.7 Å². The first-order valence-corrected chi connectivity index (χ1v) is 22.5. The molecule has 4 rings (SSSR count). The average molecular weight is 852 g/mol. The van der Waals surface area contributed by atoms with Crippen LogP contribution in [0.3, 0.4) is 0 Å². The topological polar surface area (TPSA) is 167 Å². The number of nitro benzene ring substituents is 2. The van der Waals surface area contributed by atoms with Gasteiger partial charge in [0.25, 0.3) is 5.69 Å². The standard InChI is InChI=1S/C45H65N5O9S/c1-6-8-9-10-11-12-13-14-15-16-17-18-22-25-36-37(49(53)54)30-38(50(55)56)42(57-7-2)40(36)41-39(43(51)58-32(3)4)33(5)46-44(60)48(41)45(52)59-35-26-28-47(29-27-35)31-34-23-20-19-21-24-34/h19-21,23-24,30,32,35,39,41H,6-18,22,25-29,31H2,1-5H3. The van der Waals surface area contributed by atoms with E-state index in [0.29, 0.717) is 32.4 Å². The van der Waals surface area contributed by atoms with Crippen molar-refractivity contribution in [2.45, 2.75) is 162 Å². The number of likely N-dealkylation sites (tertiary alicyclic amines) is 1. The van der Waals surface area contributed by atoms with Gasteiger partial charge in [0.2, 0.25) is 10.9 Å². The number of hydrogen-bond acceptors (Lipinski definition) is 11. The molecule has 2 aromatic rings. The summed E-state index contributed by atoms with van der Waals surface area (Å²) < 4.78 is 17.8. The molecule has 0 aromatic heterocycles. The molecule has 1 saturated heterocycles. The summed E-state index contributed by atoms with van der Waals surface area (Å²) in [5.74, 6) is -2.38. The molecule has 1 fully saturated rings. The Labute approximate surface area is 360 Å². The van der Waals surface area contributed by atoms with Crippen LogP contribution in [0.5, 0.6) is 5.75 Å². The third-order valence-electron chi connectivity index (χ3n) is 11.3. The molecule has 60 heavy (non-hydrogen) atoms. The van der Waals surface area contributed by atoms with Gasteiger partial charge in [-0.2, -0.15) is 0 Å². The van der Waals surface area contributed by atoms with E-state index in [9.17, 15) is 29.8 Å². The predicted octanol–water partition coefficient (Wildman–Crippen LogP) is 11.0. The van der Waals surface area contributed by atoms with E-state index >= 15 is 0 Å². The lowest BCUT2D eigenvalue weighted by Gasteiger charge is -2.40. The molecule has 0 aliphatic carbocycles. The second-order valence-corrected chi connectivity index (χ2v) is 16.6. The summed E-state index contributed by atoms with van der Waals surface area (Å²) in [6, 6.07) is 9.55. The number of piperidine rings is 1. The summed E-state index contributed by atoms with van der Waals surface area (Å²) in [4.78, 5) is 60.5. The number of ether oxygens (including phenoxy) is 3. The number of carbonyl (C=O) groups is 2. The van der Waals surface area contributed by atoms with Crippen molar-refractivity contribution >= 4 is 46.5 Å². The lowest BCUT2D eigenvalue weighted by Crippen LogP contribution is -2.51. The zero-order valence-corrected chi connectivity index (χ0v) is 37.1. The van der Waals surface area contributed by atoms with Crippen LogP contribution in [0, 0.1) is 26.1 Å². The van der Waals surface area contributed by atoms with Crippen molar-refractivity contribution in [2.75, 3.05) is 19.7 Å². The third kappa shape index (κ3) is 13.8. The number of carbonyl (C=O) groups excluding carboxylic acids is 2. The number of nitrogens with zero attached hydrogens (tertiary/aromatic N) is 5. The van der Waals surface area contributed by atoms with Crippen molar-refractivity contribution < 1.29 is 33.6 Å². The summed E-state index contributed by atoms with van der Waals surface area (Å²) in [6.07, 6.45) is 13.6. The molecule has 2 unspecified atom stereocenters. The van der Waals surface area contributed by atoms with Gasteiger partial charge in [0.15, 0.2) is 0 Å². The van der Waals surface area contributed by atoms with Crippen LogP contribution in [0.1, 0.15) is 154 Å². The van der Waals surface area contributed by atoms with E-state index in [0.717, 1.165) is 43.2 Å². The molecular weight excluding hydrogens is 787 g/mol. The third-order valence-corrected chi connectivity index (χ3v) is 11.6. The Bertz CT molecular complexity index is 1780. The van der Waals surface area contributed by atoms with Gasteiger partial charge in [0, 0.05) is 36.5 Å². The minimum atomic E-state index is -1.45. The Morgan fingerprint density at radius 1 is 0.867 bits per heavy atom. The molecule has 0 saturated carbocycles. The van der Waals surface area contributed by atoms with E-state index in [2.05, 4.69) is 28.9 Å². The predicted molar refractivity (Wildman–Crippen MR) is 237 cm³/mol. The Kier molecular flexibility index (Phi) is 19.8. The molecule has 0 radical (unpaired) electrons. The van der Waals surface area contributed by atoms with E-state index in [1.807, 2.05) is 18.2 Å². The minimum absolute atomic E-state index is 0.0337. The number of rotatable bonds is 24. The summed E-state index contributed by atoms with van der Waals surface area (Å²) in [5, 5.41) is 25.3. The van der Waals surface area contributed by atoms with Gasteiger partial charge in [-0.1, -0.05) is 114 Å². The van der Waals surface area contributed by atoms with Gasteiger partial charge in [-0.3, -0.25) is 29.9 Å². The Morgan fingerprint density at radius 2 is 1.43 bits per heavy atom. The molecule has 2 aromatic carbocycles. The van der Waals surface area contributed by atoms with Gasteiger partial charge < -0.3 is 14.2 Å². The van der Waals surface area contributed by atoms with Crippen LogP contribution in [0.4, 0.5) is 16.2 Å². The highest BCUT2D eigenvalue weighted by Gasteiger charge is 2.50. The summed E-state index contributed by atoms with van der Waals surface area (Å²) >= 11 is 5.73. The van der Waals surface area contributed by atoms with Crippen LogP contribution in [-0.2, 0) is 27.2 Å². The van der Waals surface area contributed by atoms with Crippen molar-refractivity contribution in [1.82, 2.24) is 9.80 Å². The molecule has 2 aliphatic heterocycles. The Hall–Kier alpha value is -4.50. The maximum absolute atomic E-state index is 14.5. The number of amides is 1. The van der Waals surface area contributed by atoms with Crippen LogP contribution in [0.25, 0.3) is 0 Å². The molecule has 2 atom stereocenters. The SMILES string of the molecule is CCCCCCCCCCCCCCCc1c([N+](=O)[O-])cc([N+](=O)[O-])c(OCC)c1C1C(C(=O)OC(C)C)C(C)=NC(=S)N1C(=O)OC1CCN(Cc2ccccc2)CC1. The molecule has 0 bridgehead atoms. The summed E-state index contributed by atoms with van der Waals surface area (Å²) in [7, 11) is 0. The number of nitro groups is 2. The van der Waals surface area contributed by atoms with Crippen molar-refractivity contribution in [3.8, 4) is 5.75 Å². The van der Waals surface area contributed by atoms with Crippen molar-refractivity contribution in [3.05, 3.63) is 73.3 Å². The molecule has 0 spiro atoms. The van der Waals surface area contributed by atoms with E-state index < -0.39 is 57.5 Å². The van der Waals surface area contributed by atoms with Gasteiger partial charge >= 0.3 is 17.7 Å². The highest BCUT2D eigenvalue weighted by Crippen LogP contribution is 2.49. The normalized spacial score (nSPS) is 17.4. The molecule has 14 nitrogen and oxygen atoms in total. The van der Waals surface area contributed by atoms with Crippen LogP contribution in [-0.4, -0.2) is 74.4 Å². The largest absolute Gasteiger partial charge is 0.487 e. The number of aliphatic imine (C=N–C) groups is 1. The van der Waals surface area contributed by atoms with Crippen LogP contribution < -0.4 is 4.74 Å². The van der Waals surface area contributed by atoms with Crippen molar-refractivity contribution in [3.63, 3.8) is 0 Å². The van der Waals surface area contributed by atoms with E-state index in [1.165, 1.54) is 56.9 Å². The number of unbranched alkanes of at least 4 members (excludes halogenated alkanes) is 12. The molecule has 2 heterocycles. The average Bonchev–Trinajstić information content (AvgIpc) is 3.20. The fourth-order valence-electron chi connectivity index (χ4n) is 8.27. The molecule has 0 N–H and O–H groups in total. The summed E-state index contributed by atoms with van der Waals surface area (Å²) in [6.45, 7) is 10.8. The molecule has 330 valence electrons. The van der Waals surface area contributed by atoms with Gasteiger partial charge in [0.05, 0.1) is 34.7 Å². The Balaban J connectivity index is 1.66. The zero-order chi connectivity index (χ0) is 43.6. The van der Waals surface area contributed by atoms with Crippen molar-refractivity contribution in [1.29, 1.82) is 0 Å². The lowest BCUT2D eigenvalue weighted by molar-refractivity contribution is -0.395. The molecule has 15 heteroatoms. The molecule has 1 amide bonds. The smallest absolute Gasteiger partial charge is 0.417 e. The Morgan fingerprint density at radius 3 is 1.97 bits per heavy atom. The van der Waals surface area contributed by atoms with Crippen LogP contribution in [0.15, 0.2) is 41.4 Å². The van der Waals surface area contributed by atoms with E-state index in [1.54, 1.807) is 27.7 Å². The summed E-state index contributed by atoms with van der Waals surface area (Å²) in [5.41, 5.74) is 0.307. The lowest BCUT2D eigenvalue weighted by atomic mass is 9.82. The zero-order valence-electron chi connectivity index (χ0n) is 36.2. The van der Waals surface area contributed by atoms with Crippen LogP contribution >= 0.6 is 12.2 Å². The van der Waals surface area contributed by atoms with Crippen LogP contribution in [0.2, 0.25) is 0 Å². The van der Waals surface area contributed by atoms with Gasteiger partial charge in [0.1, 0.15) is 12.0 Å². The van der Waals surface area contributed by atoms with E-state index in [-0.39, 0.29) is 40.7 Å². The highest BCUT2D eigenvalue weighted by molar-refractivity contribution is 7.80. The molecular formula is C45H65N5O9S. The van der Waals surface area contributed by atoms with Crippen molar-refractivity contribution in [2.24, 2.45) is 10.9 Å². The molecule has 2 aliphatic rings. The number of benzene rings is 2. The number of hydrogen-bond donors (Lipinski definition) is 0. The minimum Gasteiger partial charge on any atom is -0.487 e. The highest BCUT2D eigenvalue weighted by atomic mass is 32.1. The monoisotopic (exact) mass is 851 g/mol. The fraction of sp³-hybridized carbons (Fsp3) is 0.644. The van der Waals surface area contributed by atoms with Gasteiger partial charge in [-0.05, 0) is 71.2 Å². The fourth-order valence-corrected chi connectivity index (χ4v) is 8.61. The maximum Gasteiger partial charge on any atom is 0.417 e. The first-order valence-electron chi connectivity index (χ1n) is 22.0. The maximum atomic E-state index is 14.5. The van der Waals surface area contributed by atoms with Gasteiger partial charge in [-0.15, -0.1) is 0 Å². The second kappa shape index (κ2) is 24.7.